The van der Waals surface area contributed by atoms with Crippen molar-refractivity contribution >= 4 is 12.4 Å². The third-order valence-electron chi connectivity index (χ3n) is 1.30. The van der Waals surface area contributed by atoms with Crippen LogP contribution in [0.3, 0.4) is 0 Å². The smallest absolute Gasteiger partial charge is 0.0689 e. The number of hydrogen-bond donors (Lipinski definition) is 3. The number of hydrogen-bond acceptors (Lipinski definition) is 3. The van der Waals surface area contributed by atoms with Gasteiger partial charge in [0.25, 0.3) is 0 Å². The molecule has 0 radical (unpaired) electrons. The van der Waals surface area contributed by atoms with Gasteiger partial charge in [0.05, 0.1) is 12.2 Å². The molecule has 0 amide bonds. The number of aliphatic hydroxyl groups excluding tert-OH is 2. The second kappa shape index (κ2) is 4.06. The largest absolute Gasteiger partial charge is 0.392 e. The van der Waals surface area contributed by atoms with E-state index >= 15 is 0 Å². The van der Waals surface area contributed by atoms with Crippen LogP contribution >= 0.6 is 12.4 Å². The van der Waals surface area contributed by atoms with Gasteiger partial charge in [-0.3, -0.25) is 0 Å². The van der Waals surface area contributed by atoms with Crippen molar-refractivity contribution in [3.05, 3.63) is 0 Å². The molecule has 9 heavy (non-hydrogen) atoms. The summed E-state index contributed by atoms with van der Waals surface area (Å²) in [5.41, 5.74) is 0. The third kappa shape index (κ3) is 3.01. The van der Waals surface area contributed by atoms with Crippen molar-refractivity contribution in [2.45, 2.75) is 18.6 Å². The molecular weight excluding hydrogens is 142 g/mol. The Labute approximate surface area is 60.5 Å². The number of aliphatic hydroxyl groups is 2. The molecule has 1 heterocycles. The average molecular weight is 154 g/mol. The minimum absolute atomic E-state index is 0. The fourth-order valence-electron chi connectivity index (χ4n) is 0.897. The molecule has 0 unspecified atom stereocenters. The van der Waals surface area contributed by atoms with Crippen LogP contribution < -0.4 is 5.32 Å². The lowest BCUT2D eigenvalue weighted by atomic mass is 10.1. The van der Waals surface area contributed by atoms with Crippen molar-refractivity contribution in [3.8, 4) is 0 Å². The van der Waals surface area contributed by atoms with Crippen LogP contribution in [0.1, 0.15) is 6.42 Å². The van der Waals surface area contributed by atoms with Gasteiger partial charge in [-0.05, 0) is 0 Å². The van der Waals surface area contributed by atoms with E-state index in [0.717, 1.165) is 0 Å². The minimum atomic E-state index is -0.348. The van der Waals surface area contributed by atoms with Gasteiger partial charge < -0.3 is 15.5 Å². The first-order valence-corrected chi connectivity index (χ1v) is 2.86. The highest BCUT2D eigenvalue weighted by Gasteiger charge is 2.16. The zero-order valence-corrected chi connectivity index (χ0v) is 5.90. The molecule has 0 spiro atoms. The lowest BCUT2D eigenvalue weighted by Crippen LogP contribution is -2.42. The predicted octanol–water partition coefficient (Wildman–Crippen LogP) is -0.877. The second-order valence-electron chi connectivity index (χ2n) is 2.20. The second-order valence-corrected chi connectivity index (χ2v) is 2.20. The van der Waals surface area contributed by atoms with Crippen LogP contribution in [0.5, 0.6) is 0 Å². The van der Waals surface area contributed by atoms with Crippen molar-refractivity contribution < 1.29 is 10.2 Å². The summed E-state index contributed by atoms with van der Waals surface area (Å²) in [6.45, 7) is 1.24. The van der Waals surface area contributed by atoms with Gasteiger partial charge >= 0.3 is 0 Å². The van der Waals surface area contributed by atoms with Crippen molar-refractivity contribution in [3.63, 3.8) is 0 Å². The molecule has 3 N–H and O–H groups in total. The van der Waals surface area contributed by atoms with E-state index in [-0.39, 0.29) is 24.6 Å². The molecule has 0 aromatic rings. The van der Waals surface area contributed by atoms with Gasteiger partial charge in [0.15, 0.2) is 0 Å². The van der Waals surface area contributed by atoms with Crippen LogP contribution in [0.4, 0.5) is 0 Å². The summed E-state index contributed by atoms with van der Waals surface area (Å²) in [6, 6.07) is 0. The molecule has 0 aliphatic carbocycles. The molecule has 1 rings (SSSR count). The summed E-state index contributed by atoms with van der Waals surface area (Å²) >= 11 is 0. The van der Waals surface area contributed by atoms with E-state index < -0.39 is 0 Å². The molecule has 1 aliphatic heterocycles. The van der Waals surface area contributed by atoms with Crippen LogP contribution in [-0.2, 0) is 0 Å². The van der Waals surface area contributed by atoms with Crippen LogP contribution in [-0.4, -0.2) is 35.5 Å². The molecule has 1 fully saturated rings. The molecular formula is C5H12ClNO2. The quantitative estimate of drug-likeness (QED) is 0.424. The average Bonchev–Trinajstić information content (AvgIpc) is 1.64. The fraction of sp³-hybridized carbons (Fsp3) is 1.00. The highest BCUT2D eigenvalue weighted by atomic mass is 35.5. The van der Waals surface area contributed by atoms with E-state index in [4.69, 9.17) is 10.2 Å². The Morgan fingerprint density at radius 3 is 1.78 bits per heavy atom. The van der Waals surface area contributed by atoms with Crippen molar-refractivity contribution in [2.75, 3.05) is 13.1 Å². The van der Waals surface area contributed by atoms with Crippen molar-refractivity contribution in [1.82, 2.24) is 5.32 Å². The summed E-state index contributed by atoms with van der Waals surface area (Å²) < 4.78 is 0. The van der Waals surface area contributed by atoms with Gasteiger partial charge in [0, 0.05) is 19.5 Å². The molecule has 0 aromatic heterocycles. The Morgan fingerprint density at radius 1 is 1.11 bits per heavy atom. The van der Waals surface area contributed by atoms with E-state index in [1.165, 1.54) is 0 Å². The standard InChI is InChI=1S/C5H11NO2.ClH/c7-4-1-5(8)3-6-2-4;/h4-8H,1-3H2;1H/t4-,5-;/m0./s1. The highest BCUT2D eigenvalue weighted by molar-refractivity contribution is 5.85. The molecule has 1 saturated heterocycles. The Morgan fingerprint density at radius 2 is 1.56 bits per heavy atom. The topological polar surface area (TPSA) is 52.5 Å². The molecule has 0 bridgehead atoms. The Bertz CT molecular complexity index is 73.4. The van der Waals surface area contributed by atoms with E-state index in [1.54, 1.807) is 0 Å². The minimum Gasteiger partial charge on any atom is -0.392 e. The van der Waals surface area contributed by atoms with Crippen molar-refractivity contribution in [1.29, 1.82) is 0 Å². The Hall–Kier alpha value is 0.170. The fourth-order valence-corrected chi connectivity index (χ4v) is 0.897. The van der Waals surface area contributed by atoms with Gasteiger partial charge in [0.2, 0.25) is 0 Å². The Kier molecular flexibility index (Phi) is 4.14. The first-order chi connectivity index (χ1) is 3.79. The van der Waals surface area contributed by atoms with E-state index in [9.17, 15) is 0 Å². The van der Waals surface area contributed by atoms with Gasteiger partial charge in [-0.1, -0.05) is 0 Å². The van der Waals surface area contributed by atoms with Crippen LogP contribution in [0.2, 0.25) is 0 Å². The van der Waals surface area contributed by atoms with Gasteiger partial charge in [-0.2, -0.15) is 0 Å². The van der Waals surface area contributed by atoms with Gasteiger partial charge in [-0.25, -0.2) is 0 Å². The maximum Gasteiger partial charge on any atom is 0.0689 e. The van der Waals surface area contributed by atoms with Crippen molar-refractivity contribution in [2.24, 2.45) is 0 Å². The normalized spacial score (nSPS) is 35.3. The SMILES string of the molecule is Cl.O[C@@H]1CNC[C@@H](O)C1. The molecule has 0 aromatic carbocycles. The monoisotopic (exact) mass is 153 g/mol. The summed E-state index contributed by atoms with van der Waals surface area (Å²) in [5, 5.41) is 20.6. The number of β-amino-alcohol motifs (C(OH)–C–C–N with tert-alkyl or cyclic N) is 2. The lowest BCUT2D eigenvalue weighted by Gasteiger charge is -2.22. The van der Waals surface area contributed by atoms with E-state index in [1.807, 2.05) is 0 Å². The van der Waals surface area contributed by atoms with Gasteiger partial charge in [-0.15, -0.1) is 12.4 Å². The first-order valence-electron chi connectivity index (χ1n) is 2.86. The maximum atomic E-state index is 8.86. The summed E-state index contributed by atoms with van der Waals surface area (Å²) in [4.78, 5) is 0. The molecule has 2 atom stereocenters. The zero-order valence-electron chi connectivity index (χ0n) is 5.08. The molecule has 4 heteroatoms. The summed E-state index contributed by atoms with van der Waals surface area (Å²) in [7, 11) is 0. The summed E-state index contributed by atoms with van der Waals surface area (Å²) in [6.07, 6.45) is -0.176. The number of rotatable bonds is 0. The number of nitrogens with one attached hydrogen (secondary N) is 1. The number of halogens is 1. The molecule has 0 saturated carbocycles. The first kappa shape index (κ1) is 9.17. The Balaban J connectivity index is 0.000000640. The van der Waals surface area contributed by atoms with E-state index in [2.05, 4.69) is 5.32 Å². The van der Waals surface area contributed by atoms with Crippen LogP contribution in [0.25, 0.3) is 0 Å². The van der Waals surface area contributed by atoms with E-state index in [0.29, 0.717) is 19.5 Å². The van der Waals surface area contributed by atoms with Gasteiger partial charge in [0.1, 0.15) is 0 Å². The van der Waals surface area contributed by atoms with Crippen LogP contribution in [0, 0.1) is 0 Å². The zero-order chi connectivity index (χ0) is 5.98. The lowest BCUT2D eigenvalue weighted by molar-refractivity contribution is 0.0529. The predicted molar refractivity (Wildman–Crippen MR) is 36.7 cm³/mol. The molecule has 1 aliphatic rings. The molecule has 3 nitrogen and oxygen atoms in total. The number of piperidine rings is 1. The third-order valence-corrected chi connectivity index (χ3v) is 1.30. The van der Waals surface area contributed by atoms with Crippen LogP contribution in [0.15, 0.2) is 0 Å². The molecule has 56 valence electrons. The summed E-state index contributed by atoms with van der Waals surface area (Å²) in [5.74, 6) is 0. The maximum absolute atomic E-state index is 8.86. The highest BCUT2D eigenvalue weighted by Crippen LogP contribution is 2.00.